The Labute approximate surface area is 308 Å². The number of benzene rings is 3. The molecule has 292 valence electrons. The first-order valence-corrected chi connectivity index (χ1v) is 17.9. The zero-order valence-corrected chi connectivity index (χ0v) is 29.2. The van der Waals surface area contributed by atoms with Gasteiger partial charge in [-0.3, -0.25) is 28.2 Å². The van der Waals surface area contributed by atoms with Gasteiger partial charge in [-0.05, 0) is 29.8 Å². The van der Waals surface area contributed by atoms with E-state index < -0.39 is 92.8 Å². The number of carbonyl (C=O) groups excluding carboxylic acids is 1. The Balaban J connectivity index is 1.14. The molecule has 0 saturated carbocycles. The average Bonchev–Trinajstić information content (AvgIpc) is 3.44. The quantitative estimate of drug-likeness (QED) is 0.102. The molecule has 4 heterocycles. The molecule has 8 N–H and O–H groups in total. The van der Waals surface area contributed by atoms with Crippen molar-refractivity contribution in [2.75, 3.05) is 20.3 Å². The minimum Gasteiger partial charge on any atom is -0.508 e. The van der Waals surface area contributed by atoms with Gasteiger partial charge in [0.05, 0.1) is 20.3 Å². The lowest BCUT2D eigenvalue weighted by Gasteiger charge is -2.36. The van der Waals surface area contributed by atoms with E-state index in [1.54, 1.807) is 0 Å². The third kappa shape index (κ3) is 7.24. The summed E-state index contributed by atoms with van der Waals surface area (Å²) >= 11 is 0. The number of hydrogen-bond acceptors (Lipinski definition) is 17. The maximum atomic E-state index is 13.3. The Morgan fingerprint density at radius 3 is 2.31 bits per heavy atom. The molecule has 4 aromatic rings. The van der Waals surface area contributed by atoms with Crippen molar-refractivity contribution < 1.29 is 77.6 Å². The molecule has 3 unspecified atom stereocenters. The Morgan fingerprint density at radius 1 is 0.855 bits per heavy atom. The lowest BCUT2D eigenvalue weighted by atomic mass is 9.92. The lowest BCUT2D eigenvalue weighted by molar-refractivity contribution is -0.0556. The summed E-state index contributed by atoms with van der Waals surface area (Å²) in [5.41, 5.74) is -1.44. The van der Waals surface area contributed by atoms with Crippen molar-refractivity contribution in [2.45, 2.75) is 49.0 Å². The monoisotopic (exact) mass is 788 g/mol. The van der Waals surface area contributed by atoms with Gasteiger partial charge in [0.15, 0.2) is 53.6 Å². The van der Waals surface area contributed by atoms with Gasteiger partial charge in [-0.15, -0.1) is 0 Å². The number of phenolic OH excluding ortho intramolecular Hbond substituents is 3. The van der Waals surface area contributed by atoms with E-state index in [1.165, 1.54) is 43.5 Å². The van der Waals surface area contributed by atoms with Crippen LogP contribution in [0.2, 0.25) is 0 Å². The van der Waals surface area contributed by atoms with Gasteiger partial charge in [0.25, 0.3) is 5.56 Å². The van der Waals surface area contributed by atoms with E-state index in [9.17, 15) is 54.5 Å². The number of hydrogen-bond donors (Lipinski definition) is 8. The summed E-state index contributed by atoms with van der Waals surface area (Å²) in [5.74, 6) is -2.02. The average molecular weight is 789 g/mol. The molecule has 0 amide bonds. The van der Waals surface area contributed by atoms with E-state index in [4.69, 9.17) is 32.7 Å². The molecule has 55 heavy (non-hydrogen) atoms. The molecule has 3 aromatic carbocycles. The summed E-state index contributed by atoms with van der Waals surface area (Å²) in [5, 5.41) is 62.1. The molecule has 0 bridgehead atoms. The molecule has 20 nitrogen and oxygen atoms in total. The van der Waals surface area contributed by atoms with Gasteiger partial charge in [0.2, 0.25) is 5.78 Å². The highest BCUT2D eigenvalue weighted by atomic mass is 31.2. The number of nitrogens with one attached hydrogen (secondary N) is 1. The van der Waals surface area contributed by atoms with E-state index in [1.807, 2.05) is 4.98 Å². The second kappa shape index (κ2) is 14.7. The predicted octanol–water partition coefficient (Wildman–Crippen LogP) is 0.673. The standard InChI is InChI=1S/C34H33N2O18P/c1-48-20-8-14(2-4-17(20)39)30-24(13-49-55(46,47)54-32-23(12-37)53-33(29(32)44)36-7-6-25(41)35-34(36)45)50-19-5-3-15(9-21(19)51-30)31-28(43)27(42)26-18(40)10-16(38)11-22(26)52-31/h2-11,23-24,28-33,37-40,43-44H,12-13H2,1H3,(H,46,47)(H,35,41,45)/t23-,24?,28+,29-,30?,31-,32-,33-/m1/s1. The molecule has 0 spiro atoms. The zero-order chi connectivity index (χ0) is 39.3. The summed E-state index contributed by atoms with van der Waals surface area (Å²) < 4.78 is 53.7. The van der Waals surface area contributed by atoms with Crippen LogP contribution in [-0.4, -0.2) is 102 Å². The summed E-state index contributed by atoms with van der Waals surface area (Å²) in [6.07, 6.45) is -10.9. The number of ketones is 1. The lowest BCUT2D eigenvalue weighted by Crippen LogP contribution is -2.39. The normalized spacial score (nSPS) is 26.8. The molecule has 21 heteroatoms. The number of aromatic amines is 1. The summed E-state index contributed by atoms with van der Waals surface area (Å²) in [6.45, 7) is -1.52. The first-order chi connectivity index (χ1) is 26.2. The summed E-state index contributed by atoms with van der Waals surface area (Å²) in [4.78, 5) is 49.6. The van der Waals surface area contributed by atoms with Crippen molar-refractivity contribution in [1.82, 2.24) is 9.55 Å². The number of H-pyrrole nitrogens is 1. The van der Waals surface area contributed by atoms with Crippen molar-refractivity contribution in [3.8, 4) is 40.2 Å². The fourth-order valence-corrected chi connectivity index (χ4v) is 7.44. The highest BCUT2D eigenvalue weighted by Crippen LogP contribution is 2.51. The number of fused-ring (bicyclic) bond motifs is 2. The molecule has 1 fully saturated rings. The minimum atomic E-state index is -5.14. The number of aliphatic hydroxyl groups is 3. The molecule has 0 aliphatic carbocycles. The van der Waals surface area contributed by atoms with Crippen LogP contribution in [0.4, 0.5) is 0 Å². The number of phosphoric ester groups is 1. The largest absolute Gasteiger partial charge is 0.508 e. The number of Topliss-reactive ketones (excluding diaryl/α,β-unsaturated/α-hetero) is 1. The van der Waals surface area contributed by atoms with Gasteiger partial charge in [0, 0.05) is 30.0 Å². The number of aliphatic hydroxyl groups excluding tert-OH is 3. The Bertz CT molecular complexity index is 2290. The fourth-order valence-electron chi connectivity index (χ4n) is 6.47. The van der Waals surface area contributed by atoms with Crippen molar-refractivity contribution in [3.63, 3.8) is 0 Å². The summed E-state index contributed by atoms with van der Waals surface area (Å²) in [6, 6.07) is 11.5. The molecule has 1 saturated heterocycles. The molecule has 9 atom stereocenters. The van der Waals surface area contributed by atoms with E-state index in [2.05, 4.69) is 0 Å². The first-order valence-electron chi connectivity index (χ1n) is 16.4. The highest BCUT2D eigenvalue weighted by molar-refractivity contribution is 7.47. The number of nitrogens with zero attached hydrogens (tertiary/aromatic N) is 1. The number of phenols is 3. The third-order valence-corrected chi connectivity index (χ3v) is 10.1. The van der Waals surface area contributed by atoms with Crippen LogP contribution in [0.3, 0.4) is 0 Å². The summed E-state index contributed by atoms with van der Waals surface area (Å²) in [7, 11) is -3.83. The SMILES string of the molecule is COc1cc(C2Oc3cc([C@H]4Oc5cc(O)cc(O)c5C(=O)[C@@H]4O)ccc3OC2COP(=O)(O)O[C@H]2[C@@H](O)[C@H](n3ccc(=O)[nH]c3=O)O[C@@H]2CO)ccc1O. The number of methoxy groups -OCH3 is 1. The predicted molar refractivity (Wildman–Crippen MR) is 181 cm³/mol. The maximum Gasteiger partial charge on any atom is 0.472 e. The van der Waals surface area contributed by atoms with Crippen LogP contribution in [0.15, 0.2) is 70.4 Å². The number of rotatable bonds is 10. The van der Waals surface area contributed by atoms with Crippen LogP contribution in [0, 0.1) is 0 Å². The van der Waals surface area contributed by atoms with Gasteiger partial charge < -0.3 is 59.2 Å². The van der Waals surface area contributed by atoms with E-state index >= 15 is 0 Å². The van der Waals surface area contributed by atoms with Gasteiger partial charge in [-0.1, -0.05) is 12.1 Å². The van der Waals surface area contributed by atoms with Gasteiger partial charge >= 0.3 is 13.5 Å². The number of aromatic nitrogens is 2. The smallest absolute Gasteiger partial charge is 0.472 e. The Morgan fingerprint density at radius 2 is 1.58 bits per heavy atom. The first kappa shape index (κ1) is 37.9. The van der Waals surface area contributed by atoms with Crippen LogP contribution >= 0.6 is 7.82 Å². The molecular weight excluding hydrogens is 755 g/mol. The van der Waals surface area contributed by atoms with Crippen LogP contribution < -0.4 is 30.2 Å². The van der Waals surface area contributed by atoms with Crippen molar-refractivity contribution in [2.24, 2.45) is 0 Å². The van der Waals surface area contributed by atoms with E-state index in [0.29, 0.717) is 5.56 Å². The van der Waals surface area contributed by atoms with E-state index in [0.717, 1.165) is 29.0 Å². The van der Waals surface area contributed by atoms with Gasteiger partial charge in [0.1, 0.15) is 41.1 Å². The van der Waals surface area contributed by atoms with Gasteiger partial charge in [-0.25, -0.2) is 9.36 Å². The van der Waals surface area contributed by atoms with Crippen molar-refractivity contribution in [3.05, 3.63) is 98.3 Å². The second-order valence-electron chi connectivity index (χ2n) is 12.6. The molecule has 0 radical (unpaired) electrons. The molecule has 3 aliphatic rings. The van der Waals surface area contributed by atoms with Gasteiger partial charge in [-0.2, -0.15) is 0 Å². The van der Waals surface area contributed by atoms with Crippen molar-refractivity contribution in [1.29, 1.82) is 0 Å². The number of aromatic hydroxyl groups is 3. The number of carbonyl (C=O) groups is 1. The van der Waals surface area contributed by atoms with Crippen LogP contribution in [0.5, 0.6) is 40.2 Å². The van der Waals surface area contributed by atoms with E-state index in [-0.39, 0.29) is 45.6 Å². The molecule has 7 rings (SSSR count). The fraction of sp³-hybridized carbons (Fsp3) is 0.324. The van der Waals surface area contributed by atoms with Crippen LogP contribution in [-0.2, 0) is 18.3 Å². The minimum absolute atomic E-state index is 0.0420. The van der Waals surface area contributed by atoms with Crippen LogP contribution in [0.1, 0.15) is 39.9 Å². The van der Waals surface area contributed by atoms with Crippen LogP contribution in [0.25, 0.3) is 0 Å². The van der Waals surface area contributed by atoms with Crippen molar-refractivity contribution >= 4 is 13.6 Å². The third-order valence-electron chi connectivity index (χ3n) is 9.09. The Kier molecular flexibility index (Phi) is 10.1. The Hall–Kier alpha value is -5.44. The highest BCUT2D eigenvalue weighted by Gasteiger charge is 2.49. The molecule has 1 aromatic heterocycles. The maximum absolute atomic E-state index is 13.3. The number of phosphoric acid groups is 1. The molecule has 3 aliphatic heterocycles. The zero-order valence-electron chi connectivity index (χ0n) is 28.3. The topological polar surface area (TPSA) is 295 Å². The molecular formula is C34H33N2O18P. The second-order valence-corrected chi connectivity index (χ2v) is 14.0. The number of ether oxygens (including phenoxy) is 5.